The average molecular weight is 304 g/mol. The van der Waals surface area contributed by atoms with E-state index in [0.717, 1.165) is 16.2 Å². The van der Waals surface area contributed by atoms with Crippen molar-refractivity contribution in [3.8, 4) is 0 Å². The van der Waals surface area contributed by atoms with Crippen LogP contribution in [0.15, 0.2) is 6.20 Å². The molecule has 0 aliphatic rings. The molecule has 0 unspecified atom stereocenters. The van der Waals surface area contributed by atoms with E-state index in [2.05, 4.69) is 10.4 Å². The molecule has 1 heterocycles. The summed E-state index contributed by atoms with van der Waals surface area (Å²) in [5.41, 5.74) is 1.65. The fraction of sp³-hybridized carbons (Fsp3) is 0.692. The lowest BCUT2D eigenvalue weighted by Gasteiger charge is -2.24. The summed E-state index contributed by atoms with van der Waals surface area (Å²) in [6.45, 7) is 3.33. The minimum Gasteiger partial charge on any atom is -0.383 e. The molecule has 8 heteroatoms. The van der Waals surface area contributed by atoms with Crippen molar-refractivity contribution in [1.82, 2.24) is 20.0 Å². The second-order valence-corrected chi connectivity index (χ2v) is 4.84. The van der Waals surface area contributed by atoms with Crippen LogP contribution < -0.4 is 5.32 Å². The van der Waals surface area contributed by atoms with Gasteiger partial charge < -0.3 is 15.0 Å². The van der Waals surface area contributed by atoms with Crippen molar-refractivity contribution in [1.29, 1.82) is 0 Å². The first kappa shape index (κ1) is 17.4. The number of ether oxygens (including phenoxy) is 1. The summed E-state index contributed by atoms with van der Waals surface area (Å²) in [5, 5.41) is 6.90. The monoisotopic (exact) mass is 304 g/mol. The normalized spacial score (nSPS) is 12.5. The molecular weight excluding hydrogens is 282 g/mol. The van der Waals surface area contributed by atoms with Gasteiger partial charge in [-0.2, -0.15) is 5.10 Å². The maximum absolute atomic E-state index is 12.5. The Morgan fingerprint density at radius 1 is 1.57 bits per heavy atom. The van der Waals surface area contributed by atoms with Gasteiger partial charge in [-0.1, -0.05) is 0 Å². The number of carbonyl (C=O) groups is 1. The van der Waals surface area contributed by atoms with Gasteiger partial charge in [-0.15, -0.1) is 0 Å². The largest absolute Gasteiger partial charge is 0.383 e. The zero-order valence-corrected chi connectivity index (χ0v) is 12.8. The number of methoxy groups -OCH3 is 1. The van der Waals surface area contributed by atoms with E-state index in [4.69, 9.17) is 4.74 Å². The van der Waals surface area contributed by atoms with Crippen LogP contribution in [0.4, 0.5) is 13.6 Å². The first-order valence-electron chi connectivity index (χ1n) is 6.67. The Labute approximate surface area is 123 Å². The lowest BCUT2D eigenvalue weighted by Crippen LogP contribution is -2.44. The number of aromatic nitrogens is 2. The van der Waals surface area contributed by atoms with Gasteiger partial charge in [-0.05, 0) is 13.8 Å². The lowest BCUT2D eigenvalue weighted by atomic mass is 10.1. The van der Waals surface area contributed by atoms with Gasteiger partial charge in [0.15, 0.2) is 0 Å². The van der Waals surface area contributed by atoms with Gasteiger partial charge in [0.25, 0.3) is 6.43 Å². The van der Waals surface area contributed by atoms with Crippen LogP contribution in [0.2, 0.25) is 0 Å². The molecule has 1 atom stereocenters. The smallest absolute Gasteiger partial charge is 0.318 e. The van der Waals surface area contributed by atoms with Gasteiger partial charge in [-0.25, -0.2) is 13.6 Å². The summed E-state index contributed by atoms with van der Waals surface area (Å²) >= 11 is 0. The van der Waals surface area contributed by atoms with Gasteiger partial charge in [0.1, 0.15) is 0 Å². The minimum atomic E-state index is -2.58. The van der Waals surface area contributed by atoms with Crippen molar-refractivity contribution in [2.75, 3.05) is 26.8 Å². The van der Waals surface area contributed by atoms with Crippen LogP contribution in [0.1, 0.15) is 24.2 Å². The Bertz CT molecular complexity index is 465. The number of nitrogens with zero attached hydrogens (tertiary/aromatic N) is 3. The molecule has 120 valence electrons. The molecule has 2 amide bonds. The summed E-state index contributed by atoms with van der Waals surface area (Å²) < 4.78 is 31.5. The Hall–Kier alpha value is -1.70. The van der Waals surface area contributed by atoms with Crippen molar-refractivity contribution in [2.24, 2.45) is 7.05 Å². The summed E-state index contributed by atoms with van der Waals surface area (Å²) in [7, 11) is 3.24. The molecule has 0 saturated carbocycles. The standard InChI is InChI=1S/C13H22F2N4O2/c1-9(11-7-18(3)17-10(11)2)16-13(20)19(5-6-21-4)8-12(14)15/h7,9,12H,5-6,8H2,1-4H3,(H,16,20)/t9-/m0/s1. The molecule has 1 rings (SSSR count). The third kappa shape index (κ3) is 5.30. The number of aryl methyl sites for hydroxylation is 2. The van der Waals surface area contributed by atoms with Crippen LogP contribution in [0.5, 0.6) is 0 Å². The maximum atomic E-state index is 12.5. The van der Waals surface area contributed by atoms with Crippen LogP contribution in [0.3, 0.4) is 0 Å². The van der Waals surface area contributed by atoms with E-state index in [1.807, 2.05) is 6.92 Å². The van der Waals surface area contributed by atoms with E-state index >= 15 is 0 Å². The number of nitrogens with one attached hydrogen (secondary N) is 1. The van der Waals surface area contributed by atoms with Gasteiger partial charge in [0, 0.05) is 32.5 Å². The Morgan fingerprint density at radius 2 is 2.24 bits per heavy atom. The number of rotatable bonds is 7. The van der Waals surface area contributed by atoms with Crippen molar-refractivity contribution < 1.29 is 18.3 Å². The summed E-state index contributed by atoms with van der Waals surface area (Å²) in [6, 6.07) is -0.850. The Morgan fingerprint density at radius 3 is 2.71 bits per heavy atom. The van der Waals surface area contributed by atoms with Gasteiger partial charge in [-0.3, -0.25) is 4.68 Å². The quantitative estimate of drug-likeness (QED) is 0.834. The third-order valence-corrected chi connectivity index (χ3v) is 3.07. The minimum absolute atomic E-state index is 0.116. The second-order valence-electron chi connectivity index (χ2n) is 4.84. The summed E-state index contributed by atoms with van der Waals surface area (Å²) in [5.74, 6) is 0. The van der Waals surface area contributed by atoms with E-state index in [0.29, 0.717) is 0 Å². The van der Waals surface area contributed by atoms with E-state index in [9.17, 15) is 13.6 Å². The van der Waals surface area contributed by atoms with Crippen LogP contribution in [-0.4, -0.2) is 53.9 Å². The topological polar surface area (TPSA) is 59.4 Å². The molecule has 6 nitrogen and oxygen atoms in total. The molecule has 0 spiro atoms. The van der Waals surface area contributed by atoms with Crippen LogP contribution in [0, 0.1) is 6.92 Å². The number of alkyl halides is 2. The molecular formula is C13H22F2N4O2. The van der Waals surface area contributed by atoms with Crippen LogP contribution in [-0.2, 0) is 11.8 Å². The molecule has 1 aromatic heterocycles. The number of amides is 2. The highest BCUT2D eigenvalue weighted by atomic mass is 19.3. The highest BCUT2D eigenvalue weighted by Gasteiger charge is 2.21. The van der Waals surface area contributed by atoms with E-state index in [-0.39, 0.29) is 19.2 Å². The highest BCUT2D eigenvalue weighted by molar-refractivity contribution is 5.74. The van der Waals surface area contributed by atoms with Crippen LogP contribution in [0.25, 0.3) is 0 Å². The van der Waals surface area contributed by atoms with E-state index in [1.54, 1.807) is 24.9 Å². The molecule has 0 saturated heterocycles. The number of carbonyl (C=O) groups excluding carboxylic acids is 1. The van der Waals surface area contributed by atoms with Gasteiger partial charge >= 0.3 is 6.03 Å². The molecule has 0 aliphatic heterocycles. The van der Waals surface area contributed by atoms with E-state index < -0.39 is 19.0 Å². The predicted molar refractivity (Wildman–Crippen MR) is 74.3 cm³/mol. The van der Waals surface area contributed by atoms with Gasteiger partial charge in [0.05, 0.1) is 24.9 Å². The molecule has 21 heavy (non-hydrogen) atoms. The van der Waals surface area contributed by atoms with Crippen LogP contribution >= 0.6 is 0 Å². The molecule has 0 fully saturated rings. The third-order valence-electron chi connectivity index (χ3n) is 3.07. The zero-order valence-electron chi connectivity index (χ0n) is 12.8. The molecule has 0 bridgehead atoms. The SMILES string of the molecule is COCCN(CC(F)F)C(=O)N[C@@H](C)c1cn(C)nc1C. The average Bonchev–Trinajstić information content (AvgIpc) is 2.73. The van der Waals surface area contributed by atoms with Crippen molar-refractivity contribution in [3.63, 3.8) is 0 Å². The zero-order chi connectivity index (χ0) is 16.0. The van der Waals surface area contributed by atoms with Crippen molar-refractivity contribution >= 4 is 6.03 Å². The van der Waals surface area contributed by atoms with Gasteiger partial charge in [0.2, 0.25) is 0 Å². The Kier molecular flexibility index (Phi) is 6.54. The first-order valence-corrected chi connectivity index (χ1v) is 6.67. The van der Waals surface area contributed by atoms with E-state index in [1.165, 1.54) is 7.11 Å². The number of halogens is 2. The fourth-order valence-corrected chi connectivity index (χ4v) is 2.04. The summed E-state index contributed by atoms with van der Waals surface area (Å²) in [4.78, 5) is 13.1. The molecule has 1 aromatic rings. The molecule has 0 aromatic carbocycles. The number of hydrogen-bond acceptors (Lipinski definition) is 3. The Balaban J connectivity index is 2.68. The lowest BCUT2D eigenvalue weighted by molar-refractivity contribution is 0.0827. The molecule has 1 N–H and O–H groups in total. The van der Waals surface area contributed by atoms with Crippen molar-refractivity contribution in [2.45, 2.75) is 26.3 Å². The summed E-state index contributed by atoms with van der Waals surface area (Å²) in [6.07, 6.45) is -0.782. The highest BCUT2D eigenvalue weighted by Crippen LogP contribution is 2.16. The second kappa shape index (κ2) is 7.92. The number of urea groups is 1. The maximum Gasteiger partial charge on any atom is 0.318 e. The molecule has 0 aliphatic carbocycles. The first-order chi connectivity index (χ1) is 9.85. The predicted octanol–water partition coefficient (Wildman–Crippen LogP) is 1.71. The van der Waals surface area contributed by atoms with Crippen molar-refractivity contribution in [3.05, 3.63) is 17.5 Å². The fourth-order valence-electron chi connectivity index (χ4n) is 2.04. The molecule has 0 radical (unpaired) electrons. The number of hydrogen-bond donors (Lipinski definition) is 1.